The highest BCUT2D eigenvalue weighted by Crippen LogP contribution is 2.15. The Bertz CT molecular complexity index is 628. The van der Waals surface area contributed by atoms with E-state index in [-0.39, 0.29) is 12.5 Å². The van der Waals surface area contributed by atoms with Crippen LogP contribution >= 0.6 is 11.6 Å². The number of ether oxygens (including phenoxy) is 1. The fraction of sp³-hybridized carbons (Fsp3) is 0.375. The van der Waals surface area contributed by atoms with Gasteiger partial charge < -0.3 is 14.6 Å². The zero-order chi connectivity index (χ0) is 16.7. The first-order valence-corrected chi connectivity index (χ1v) is 7.66. The van der Waals surface area contributed by atoms with Crippen molar-refractivity contribution >= 4 is 17.5 Å². The van der Waals surface area contributed by atoms with Crippen LogP contribution in [0, 0.1) is 6.92 Å². The van der Waals surface area contributed by atoms with E-state index in [2.05, 4.69) is 10.5 Å². The molecule has 1 aromatic heterocycles. The summed E-state index contributed by atoms with van der Waals surface area (Å²) in [5.41, 5.74) is 0.809. The Morgan fingerprint density at radius 1 is 1.39 bits per heavy atom. The number of halogens is 1. The van der Waals surface area contributed by atoms with E-state index in [9.17, 15) is 4.79 Å². The highest BCUT2D eigenvalue weighted by molar-refractivity contribution is 6.30. The van der Waals surface area contributed by atoms with Crippen LogP contribution in [-0.4, -0.2) is 42.7 Å². The smallest absolute Gasteiger partial charge is 0.234 e. The van der Waals surface area contributed by atoms with Crippen molar-refractivity contribution in [2.24, 2.45) is 0 Å². The average molecular weight is 338 g/mol. The first-order chi connectivity index (χ1) is 11.0. The first kappa shape index (κ1) is 17.3. The summed E-state index contributed by atoms with van der Waals surface area (Å²) >= 11 is 5.79. The van der Waals surface area contributed by atoms with E-state index in [4.69, 9.17) is 20.9 Å². The van der Waals surface area contributed by atoms with E-state index in [0.717, 1.165) is 17.2 Å². The molecule has 0 radical (unpaired) electrons. The molecule has 124 valence electrons. The first-order valence-electron chi connectivity index (χ1n) is 7.29. The lowest BCUT2D eigenvalue weighted by Gasteiger charge is -2.14. The Morgan fingerprint density at radius 2 is 2.13 bits per heavy atom. The molecule has 0 saturated heterocycles. The quantitative estimate of drug-likeness (QED) is 0.748. The Labute approximate surface area is 140 Å². The molecule has 2 aromatic rings. The van der Waals surface area contributed by atoms with E-state index in [0.29, 0.717) is 24.7 Å². The Morgan fingerprint density at radius 3 is 2.78 bits per heavy atom. The van der Waals surface area contributed by atoms with Crippen LogP contribution in [0.25, 0.3) is 0 Å². The summed E-state index contributed by atoms with van der Waals surface area (Å²) < 4.78 is 10.5. The van der Waals surface area contributed by atoms with Crippen molar-refractivity contribution in [1.82, 2.24) is 15.4 Å². The Kier molecular flexibility index (Phi) is 6.43. The molecule has 1 aromatic carbocycles. The number of aromatic nitrogens is 1. The van der Waals surface area contributed by atoms with Crippen molar-refractivity contribution in [3.63, 3.8) is 0 Å². The lowest BCUT2D eigenvalue weighted by Crippen LogP contribution is -2.36. The predicted octanol–water partition coefficient (Wildman–Crippen LogP) is 2.26. The Hall–Kier alpha value is -2.05. The molecule has 0 bridgehead atoms. The number of nitrogens with zero attached hydrogens (tertiary/aromatic N) is 2. The van der Waals surface area contributed by atoms with Gasteiger partial charge in [-0.2, -0.15) is 0 Å². The topological polar surface area (TPSA) is 67.6 Å². The lowest BCUT2D eigenvalue weighted by molar-refractivity contribution is -0.122. The molecule has 0 aliphatic carbocycles. The predicted molar refractivity (Wildman–Crippen MR) is 87.5 cm³/mol. The lowest BCUT2D eigenvalue weighted by atomic mass is 10.3. The van der Waals surface area contributed by atoms with Gasteiger partial charge in [-0.1, -0.05) is 16.8 Å². The molecule has 0 aliphatic rings. The molecular weight excluding hydrogens is 318 g/mol. The molecule has 0 saturated carbocycles. The van der Waals surface area contributed by atoms with E-state index >= 15 is 0 Å². The summed E-state index contributed by atoms with van der Waals surface area (Å²) in [4.78, 5) is 13.7. The van der Waals surface area contributed by atoms with E-state index in [1.807, 2.05) is 24.9 Å². The molecule has 23 heavy (non-hydrogen) atoms. The fourth-order valence-corrected chi connectivity index (χ4v) is 2.14. The molecule has 1 amide bonds. The van der Waals surface area contributed by atoms with Gasteiger partial charge in [0.2, 0.25) is 5.91 Å². The van der Waals surface area contributed by atoms with Gasteiger partial charge in [0, 0.05) is 17.6 Å². The summed E-state index contributed by atoms with van der Waals surface area (Å²) in [6.45, 7) is 3.53. The molecule has 0 unspecified atom stereocenters. The molecular formula is C16H20ClN3O3. The van der Waals surface area contributed by atoms with Crippen LogP contribution in [0.2, 0.25) is 5.02 Å². The third-order valence-corrected chi connectivity index (χ3v) is 3.28. The van der Waals surface area contributed by atoms with Crippen molar-refractivity contribution < 1.29 is 14.1 Å². The van der Waals surface area contributed by atoms with Crippen LogP contribution in [0.5, 0.6) is 5.75 Å². The second-order valence-corrected chi connectivity index (χ2v) is 5.69. The molecule has 2 rings (SSSR count). The number of carbonyl (C=O) groups excluding carboxylic acids is 1. The van der Waals surface area contributed by atoms with Gasteiger partial charge in [0.25, 0.3) is 0 Å². The maximum atomic E-state index is 11.8. The third-order valence-electron chi connectivity index (χ3n) is 3.03. The van der Waals surface area contributed by atoms with Crippen LogP contribution in [0.3, 0.4) is 0 Å². The summed E-state index contributed by atoms with van der Waals surface area (Å²) in [6.07, 6.45) is 0. The number of benzene rings is 1. The molecule has 1 heterocycles. The van der Waals surface area contributed by atoms with Crippen LogP contribution in [0.15, 0.2) is 34.9 Å². The molecule has 0 spiro atoms. The molecule has 1 N–H and O–H groups in total. The van der Waals surface area contributed by atoms with Gasteiger partial charge in [0.15, 0.2) is 0 Å². The number of nitrogens with one attached hydrogen (secondary N) is 1. The van der Waals surface area contributed by atoms with Gasteiger partial charge in [-0.25, -0.2) is 0 Å². The van der Waals surface area contributed by atoms with Gasteiger partial charge in [0.1, 0.15) is 18.1 Å². The number of rotatable bonds is 8. The average Bonchev–Trinajstić information content (AvgIpc) is 2.90. The van der Waals surface area contributed by atoms with Crippen LogP contribution in [-0.2, 0) is 11.3 Å². The highest BCUT2D eigenvalue weighted by Gasteiger charge is 2.09. The van der Waals surface area contributed by atoms with Gasteiger partial charge in [-0.15, -0.1) is 0 Å². The number of likely N-dealkylation sites (N-methyl/N-ethyl adjacent to an activating group) is 1. The summed E-state index contributed by atoms with van der Waals surface area (Å²) in [5, 5.41) is 7.37. The second-order valence-electron chi connectivity index (χ2n) is 5.25. The number of carbonyl (C=O) groups is 1. The van der Waals surface area contributed by atoms with Crippen LogP contribution < -0.4 is 10.1 Å². The summed E-state index contributed by atoms with van der Waals surface area (Å²) in [6, 6.07) is 8.95. The third kappa shape index (κ3) is 6.30. The zero-order valence-corrected chi connectivity index (χ0v) is 14.0. The minimum absolute atomic E-state index is 0.0626. The van der Waals surface area contributed by atoms with Gasteiger partial charge in [-0.05, 0) is 38.2 Å². The largest absolute Gasteiger partial charge is 0.492 e. The molecule has 0 fully saturated rings. The number of hydrogen-bond donors (Lipinski definition) is 1. The summed E-state index contributed by atoms with van der Waals surface area (Å²) in [5.74, 6) is 1.42. The maximum absolute atomic E-state index is 11.8. The number of aryl methyl sites for hydroxylation is 1. The molecule has 6 nitrogen and oxygen atoms in total. The van der Waals surface area contributed by atoms with E-state index in [1.165, 1.54) is 0 Å². The van der Waals surface area contributed by atoms with E-state index < -0.39 is 0 Å². The number of hydrogen-bond acceptors (Lipinski definition) is 5. The minimum Gasteiger partial charge on any atom is -0.492 e. The molecule has 0 atom stereocenters. The van der Waals surface area contributed by atoms with E-state index in [1.54, 1.807) is 24.3 Å². The van der Waals surface area contributed by atoms with Gasteiger partial charge in [0.05, 0.1) is 18.8 Å². The normalized spacial score (nSPS) is 10.8. The van der Waals surface area contributed by atoms with Crippen molar-refractivity contribution in [2.45, 2.75) is 13.5 Å². The van der Waals surface area contributed by atoms with Gasteiger partial charge in [-0.3, -0.25) is 9.69 Å². The van der Waals surface area contributed by atoms with Gasteiger partial charge >= 0.3 is 0 Å². The fourth-order valence-electron chi connectivity index (χ4n) is 2.02. The highest BCUT2D eigenvalue weighted by atomic mass is 35.5. The van der Waals surface area contributed by atoms with Crippen molar-refractivity contribution in [3.05, 3.63) is 46.8 Å². The van der Waals surface area contributed by atoms with Crippen molar-refractivity contribution in [2.75, 3.05) is 26.7 Å². The van der Waals surface area contributed by atoms with Crippen molar-refractivity contribution in [1.29, 1.82) is 0 Å². The molecule has 7 heteroatoms. The monoisotopic (exact) mass is 337 g/mol. The second kappa shape index (κ2) is 8.55. The molecule has 0 aliphatic heterocycles. The number of amides is 1. The summed E-state index contributed by atoms with van der Waals surface area (Å²) in [7, 11) is 1.85. The SMILES string of the molecule is Cc1cc(CN(C)CC(=O)NCCOc2ccc(Cl)cc2)no1. The van der Waals surface area contributed by atoms with Crippen molar-refractivity contribution in [3.8, 4) is 5.75 Å². The van der Waals surface area contributed by atoms with Crippen LogP contribution in [0.1, 0.15) is 11.5 Å². The zero-order valence-electron chi connectivity index (χ0n) is 13.2. The Balaban J connectivity index is 1.61. The standard InChI is InChI=1S/C16H20ClN3O3/c1-12-9-14(19-23-12)10-20(2)11-16(21)18-7-8-22-15-5-3-13(17)4-6-15/h3-6,9H,7-8,10-11H2,1-2H3,(H,18,21). The minimum atomic E-state index is -0.0626. The van der Waals surface area contributed by atoms with Crippen LogP contribution in [0.4, 0.5) is 0 Å². The maximum Gasteiger partial charge on any atom is 0.234 e.